The van der Waals surface area contributed by atoms with E-state index in [1.807, 2.05) is 36.4 Å². The second kappa shape index (κ2) is 10.6. The van der Waals surface area contributed by atoms with E-state index in [4.69, 9.17) is 9.47 Å². The molecule has 0 fully saturated rings. The molecule has 0 unspecified atom stereocenters. The summed E-state index contributed by atoms with van der Waals surface area (Å²) in [5.74, 6) is 2.61. The first-order valence-corrected chi connectivity index (χ1v) is 9.71. The molecule has 27 heavy (non-hydrogen) atoms. The van der Waals surface area contributed by atoms with Gasteiger partial charge in [-0.25, -0.2) is 0 Å². The summed E-state index contributed by atoms with van der Waals surface area (Å²) < 4.78 is 11.4. The van der Waals surface area contributed by atoms with Crippen LogP contribution in [0.1, 0.15) is 50.9 Å². The van der Waals surface area contributed by atoms with Crippen molar-refractivity contribution in [3.8, 4) is 11.5 Å². The quantitative estimate of drug-likeness (QED) is 0.577. The molecule has 1 amide bonds. The number of carbonyl (C=O) groups is 1. The zero-order chi connectivity index (χ0) is 19.6. The molecular formula is C23H31NO3. The molecule has 0 aliphatic heterocycles. The predicted octanol–water partition coefficient (Wildman–Crippen LogP) is 5.79. The zero-order valence-corrected chi connectivity index (χ0v) is 16.8. The maximum Gasteiger partial charge on any atom is 0.255 e. The van der Waals surface area contributed by atoms with Crippen molar-refractivity contribution in [1.82, 2.24) is 0 Å². The molecule has 0 spiro atoms. The van der Waals surface area contributed by atoms with Crippen molar-refractivity contribution in [3.05, 3.63) is 54.1 Å². The van der Waals surface area contributed by atoms with E-state index in [-0.39, 0.29) is 5.91 Å². The minimum atomic E-state index is -0.150. The fraction of sp³-hybridized carbons (Fsp3) is 0.435. The average molecular weight is 370 g/mol. The second-order valence-electron chi connectivity index (χ2n) is 7.57. The highest BCUT2D eigenvalue weighted by molar-refractivity contribution is 6.04. The van der Waals surface area contributed by atoms with Gasteiger partial charge in [-0.3, -0.25) is 4.79 Å². The summed E-state index contributed by atoms with van der Waals surface area (Å²) in [6, 6.07) is 14.7. The van der Waals surface area contributed by atoms with Crippen LogP contribution in [0.4, 0.5) is 5.69 Å². The Bertz CT molecular complexity index is 708. The van der Waals surface area contributed by atoms with Gasteiger partial charge in [0, 0.05) is 17.3 Å². The van der Waals surface area contributed by atoms with Crippen LogP contribution in [0, 0.1) is 11.8 Å². The van der Waals surface area contributed by atoms with Gasteiger partial charge in [0.15, 0.2) is 0 Å². The molecule has 0 aromatic heterocycles. The van der Waals surface area contributed by atoms with Crippen molar-refractivity contribution in [2.24, 2.45) is 11.8 Å². The maximum absolute atomic E-state index is 12.5. The summed E-state index contributed by atoms with van der Waals surface area (Å²) in [5.41, 5.74) is 1.32. The first-order valence-electron chi connectivity index (χ1n) is 9.71. The third-order valence-corrected chi connectivity index (χ3v) is 4.14. The molecule has 146 valence electrons. The Labute approximate surface area is 162 Å². The van der Waals surface area contributed by atoms with Crippen LogP contribution in [0.2, 0.25) is 0 Å². The van der Waals surface area contributed by atoms with Gasteiger partial charge in [-0.05, 0) is 61.1 Å². The van der Waals surface area contributed by atoms with Crippen molar-refractivity contribution in [2.45, 2.75) is 40.5 Å². The zero-order valence-electron chi connectivity index (χ0n) is 16.8. The van der Waals surface area contributed by atoms with Gasteiger partial charge >= 0.3 is 0 Å². The minimum absolute atomic E-state index is 0.150. The van der Waals surface area contributed by atoms with Crippen molar-refractivity contribution >= 4 is 11.6 Å². The maximum atomic E-state index is 12.5. The molecule has 0 saturated heterocycles. The summed E-state index contributed by atoms with van der Waals surface area (Å²) in [7, 11) is 0. The lowest BCUT2D eigenvalue weighted by Gasteiger charge is -2.11. The van der Waals surface area contributed by atoms with E-state index in [1.165, 1.54) is 0 Å². The highest BCUT2D eigenvalue weighted by Crippen LogP contribution is 2.20. The first-order chi connectivity index (χ1) is 12.9. The predicted molar refractivity (Wildman–Crippen MR) is 111 cm³/mol. The fourth-order valence-electron chi connectivity index (χ4n) is 2.39. The highest BCUT2D eigenvalue weighted by atomic mass is 16.5. The molecule has 0 aliphatic rings. The number of nitrogens with one attached hydrogen (secondary N) is 1. The molecule has 0 radical (unpaired) electrons. The molecule has 0 aliphatic carbocycles. The molecule has 2 aromatic rings. The first kappa shape index (κ1) is 20.8. The lowest BCUT2D eigenvalue weighted by atomic mass is 10.1. The van der Waals surface area contributed by atoms with Crippen molar-refractivity contribution in [3.63, 3.8) is 0 Å². The molecule has 4 nitrogen and oxygen atoms in total. The molecular weight excluding hydrogens is 338 g/mol. The van der Waals surface area contributed by atoms with Crippen LogP contribution >= 0.6 is 0 Å². The van der Waals surface area contributed by atoms with E-state index in [0.717, 1.165) is 30.0 Å². The molecule has 2 rings (SSSR count). The standard InChI is InChI=1S/C23H31NO3/c1-17(2)12-14-26-21-10-8-19(9-11-21)23(25)24-20-6-5-7-22(16-20)27-15-13-18(3)4/h5-11,16-18H,12-15H2,1-4H3,(H,24,25). The fourth-order valence-corrected chi connectivity index (χ4v) is 2.39. The van der Waals surface area contributed by atoms with Gasteiger partial charge in [0.1, 0.15) is 11.5 Å². The number of rotatable bonds is 10. The van der Waals surface area contributed by atoms with E-state index in [2.05, 4.69) is 33.0 Å². The Morgan fingerprint density at radius 2 is 1.44 bits per heavy atom. The van der Waals surface area contributed by atoms with Crippen LogP contribution < -0.4 is 14.8 Å². The summed E-state index contributed by atoms with van der Waals surface area (Å²) in [4.78, 5) is 12.5. The number of benzene rings is 2. The van der Waals surface area contributed by atoms with Crippen LogP contribution in [0.5, 0.6) is 11.5 Å². The smallest absolute Gasteiger partial charge is 0.255 e. The van der Waals surface area contributed by atoms with Crippen molar-refractivity contribution in [2.75, 3.05) is 18.5 Å². The monoisotopic (exact) mass is 369 g/mol. The molecule has 0 heterocycles. The van der Waals surface area contributed by atoms with Gasteiger partial charge < -0.3 is 14.8 Å². The number of amides is 1. The van der Waals surface area contributed by atoms with Crippen molar-refractivity contribution in [1.29, 1.82) is 0 Å². The topological polar surface area (TPSA) is 47.6 Å². The van der Waals surface area contributed by atoms with Gasteiger partial charge in [0.05, 0.1) is 13.2 Å². The highest BCUT2D eigenvalue weighted by Gasteiger charge is 2.07. The van der Waals surface area contributed by atoms with Crippen LogP contribution in [0.3, 0.4) is 0 Å². The van der Waals surface area contributed by atoms with E-state index in [0.29, 0.717) is 30.6 Å². The Hall–Kier alpha value is -2.49. The number of hydrogen-bond acceptors (Lipinski definition) is 3. The van der Waals surface area contributed by atoms with Crippen LogP contribution in [-0.4, -0.2) is 19.1 Å². The summed E-state index contributed by atoms with van der Waals surface area (Å²) in [6.07, 6.45) is 2.01. The van der Waals surface area contributed by atoms with E-state index >= 15 is 0 Å². The summed E-state index contributed by atoms with van der Waals surface area (Å²) >= 11 is 0. The van der Waals surface area contributed by atoms with Gasteiger partial charge in [-0.1, -0.05) is 33.8 Å². The van der Waals surface area contributed by atoms with Crippen LogP contribution in [0.25, 0.3) is 0 Å². The third kappa shape index (κ3) is 7.73. The third-order valence-electron chi connectivity index (χ3n) is 4.14. The Morgan fingerprint density at radius 3 is 2.04 bits per heavy atom. The SMILES string of the molecule is CC(C)CCOc1ccc(C(=O)Nc2cccc(OCCC(C)C)c2)cc1. The number of ether oxygens (including phenoxy) is 2. The van der Waals surface area contributed by atoms with Gasteiger partial charge in [0.25, 0.3) is 5.91 Å². The molecule has 0 saturated carbocycles. The normalized spacial score (nSPS) is 10.9. The van der Waals surface area contributed by atoms with Crippen LogP contribution in [0.15, 0.2) is 48.5 Å². The molecule has 1 N–H and O–H groups in total. The molecule has 0 atom stereocenters. The number of carbonyl (C=O) groups excluding carboxylic acids is 1. The van der Waals surface area contributed by atoms with E-state index in [1.54, 1.807) is 12.1 Å². The minimum Gasteiger partial charge on any atom is -0.494 e. The Morgan fingerprint density at radius 1 is 0.852 bits per heavy atom. The molecule has 0 bridgehead atoms. The largest absolute Gasteiger partial charge is 0.494 e. The van der Waals surface area contributed by atoms with Gasteiger partial charge in [-0.15, -0.1) is 0 Å². The second-order valence-corrected chi connectivity index (χ2v) is 7.57. The Balaban J connectivity index is 1.89. The molecule has 2 aromatic carbocycles. The number of hydrogen-bond donors (Lipinski definition) is 1. The van der Waals surface area contributed by atoms with Crippen LogP contribution in [-0.2, 0) is 0 Å². The summed E-state index contributed by atoms with van der Waals surface area (Å²) in [6.45, 7) is 10.0. The summed E-state index contributed by atoms with van der Waals surface area (Å²) in [5, 5.41) is 2.92. The van der Waals surface area contributed by atoms with E-state index < -0.39 is 0 Å². The van der Waals surface area contributed by atoms with Crippen molar-refractivity contribution < 1.29 is 14.3 Å². The molecule has 4 heteroatoms. The Kier molecular flexibility index (Phi) is 8.18. The average Bonchev–Trinajstić information content (AvgIpc) is 2.62. The number of anilines is 1. The lowest BCUT2D eigenvalue weighted by molar-refractivity contribution is 0.102. The lowest BCUT2D eigenvalue weighted by Crippen LogP contribution is -2.12. The van der Waals surface area contributed by atoms with Gasteiger partial charge in [-0.2, -0.15) is 0 Å². The van der Waals surface area contributed by atoms with E-state index in [9.17, 15) is 4.79 Å². The van der Waals surface area contributed by atoms with Gasteiger partial charge in [0.2, 0.25) is 0 Å².